The molecule has 4 nitrogen and oxygen atoms in total. The molecule has 13 heavy (non-hydrogen) atoms. The molecule has 0 bridgehead atoms. The number of halogens is 1. The van der Waals surface area contributed by atoms with Crippen molar-refractivity contribution < 1.29 is 17.7 Å². The van der Waals surface area contributed by atoms with Gasteiger partial charge in [-0.2, -0.15) is 8.42 Å². The van der Waals surface area contributed by atoms with Crippen molar-refractivity contribution in [2.45, 2.75) is 4.90 Å². The third-order valence-electron chi connectivity index (χ3n) is 1.36. The van der Waals surface area contributed by atoms with Crippen LogP contribution in [0.4, 0.5) is 0 Å². The van der Waals surface area contributed by atoms with E-state index in [0.717, 1.165) is 0 Å². The molecule has 1 aromatic rings. The van der Waals surface area contributed by atoms with Gasteiger partial charge in [-0.15, -0.1) is 12.4 Å². The first-order chi connectivity index (χ1) is 5.54. The van der Waals surface area contributed by atoms with E-state index in [1.807, 2.05) is 0 Å². The third kappa shape index (κ3) is 3.22. The summed E-state index contributed by atoms with van der Waals surface area (Å²) in [6, 6.07) is 5.47. The predicted octanol–water partition coefficient (Wildman–Crippen LogP) is 1.36. The molecule has 1 aromatic carbocycles. The fourth-order valence-corrected chi connectivity index (χ4v) is 1.23. The van der Waals surface area contributed by atoms with Crippen LogP contribution in [0.3, 0.4) is 0 Å². The van der Waals surface area contributed by atoms with Crippen molar-refractivity contribution in [3.8, 4) is 5.75 Å². The first kappa shape index (κ1) is 12.2. The van der Waals surface area contributed by atoms with Crippen molar-refractivity contribution in [3.05, 3.63) is 24.3 Å². The fraction of sp³-hybridized carbons (Fsp3) is 0.143. The molecule has 0 amide bonds. The van der Waals surface area contributed by atoms with E-state index < -0.39 is 10.1 Å². The molecule has 1 N–H and O–H groups in total. The van der Waals surface area contributed by atoms with Gasteiger partial charge >= 0.3 is 0 Å². The van der Waals surface area contributed by atoms with Crippen molar-refractivity contribution in [1.82, 2.24) is 0 Å². The Labute approximate surface area is 82.7 Å². The van der Waals surface area contributed by atoms with Crippen LogP contribution in [0, 0.1) is 0 Å². The number of hydrogen-bond donors (Lipinski definition) is 1. The van der Waals surface area contributed by atoms with Crippen molar-refractivity contribution in [3.63, 3.8) is 0 Å². The van der Waals surface area contributed by atoms with E-state index in [-0.39, 0.29) is 17.3 Å². The second-order valence-corrected chi connectivity index (χ2v) is 3.57. The van der Waals surface area contributed by atoms with Gasteiger partial charge in [-0.1, -0.05) is 0 Å². The molecule has 0 radical (unpaired) electrons. The minimum Gasteiger partial charge on any atom is -0.497 e. The molecule has 0 aliphatic heterocycles. The van der Waals surface area contributed by atoms with Gasteiger partial charge in [-0.05, 0) is 24.3 Å². The Bertz CT molecular complexity index is 357. The van der Waals surface area contributed by atoms with Gasteiger partial charge in [-0.25, -0.2) is 0 Å². The standard InChI is InChI=1S/C7H8O4S.ClH/c1-11-6-2-4-7(5-3-6)12(8,9)10;/h2-5H,1H3,(H,8,9,10);1H. The summed E-state index contributed by atoms with van der Waals surface area (Å²) in [5.74, 6) is 0.544. The highest BCUT2D eigenvalue weighted by atomic mass is 35.5. The molecule has 0 spiro atoms. The van der Waals surface area contributed by atoms with Crippen LogP contribution in [0.15, 0.2) is 29.2 Å². The second-order valence-electron chi connectivity index (χ2n) is 2.15. The van der Waals surface area contributed by atoms with Gasteiger partial charge in [0, 0.05) is 0 Å². The molecule has 0 aliphatic carbocycles. The van der Waals surface area contributed by atoms with E-state index in [2.05, 4.69) is 0 Å². The van der Waals surface area contributed by atoms with Crippen LogP contribution in [0.25, 0.3) is 0 Å². The highest BCUT2D eigenvalue weighted by molar-refractivity contribution is 7.85. The van der Waals surface area contributed by atoms with Crippen LogP contribution in [0.2, 0.25) is 0 Å². The lowest BCUT2D eigenvalue weighted by Crippen LogP contribution is -1.97. The van der Waals surface area contributed by atoms with Crippen LogP contribution in [-0.2, 0) is 10.1 Å². The smallest absolute Gasteiger partial charge is 0.294 e. The van der Waals surface area contributed by atoms with Crippen molar-refractivity contribution in [2.75, 3.05) is 7.11 Å². The lowest BCUT2D eigenvalue weighted by molar-refractivity contribution is 0.414. The highest BCUT2D eigenvalue weighted by Gasteiger charge is 2.07. The Morgan fingerprint density at radius 2 is 1.69 bits per heavy atom. The van der Waals surface area contributed by atoms with E-state index in [1.165, 1.54) is 31.4 Å². The Balaban J connectivity index is 0.00000144. The molecular weight excluding hydrogens is 216 g/mol. The SMILES string of the molecule is COc1ccc(S(=O)(=O)O)cc1.Cl. The Kier molecular flexibility index (Phi) is 4.19. The molecule has 0 aliphatic rings. The lowest BCUT2D eigenvalue weighted by atomic mass is 10.3. The van der Waals surface area contributed by atoms with Gasteiger partial charge in [-0.3, -0.25) is 4.55 Å². The number of hydrogen-bond acceptors (Lipinski definition) is 3. The first-order valence-corrected chi connectivity index (χ1v) is 4.59. The molecule has 0 saturated carbocycles. The topological polar surface area (TPSA) is 63.6 Å². The molecule has 0 atom stereocenters. The molecule has 0 saturated heterocycles. The van der Waals surface area contributed by atoms with E-state index >= 15 is 0 Å². The van der Waals surface area contributed by atoms with Gasteiger partial charge < -0.3 is 4.74 Å². The van der Waals surface area contributed by atoms with Crippen LogP contribution >= 0.6 is 12.4 Å². The summed E-state index contributed by atoms with van der Waals surface area (Å²) in [7, 11) is -2.61. The summed E-state index contributed by atoms with van der Waals surface area (Å²) in [5, 5.41) is 0. The maximum Gasteiger partial charge on any atom is 0.294 e. The fourth-order valence-electron chi connectivity index (χ4n) is 0.748. The van der Waals surface area contributed by atoms with Crippen LogP contribution in [0.1, 0.15) is 0 Å². The van der Waals surface area contributed by atoms with Gasteiger partial charge in [0.1, 0.15) is 5.75 Å². The summed E-state index contributed by atoms with van der Waals surface area (Å²) in [4.78, 5) is -0.136. The molecular formula is C7H9ClO4S. The first-order valence-electron chi connectivity index (χ1n) is 3.15. The molecule has 74 valence electrons. The van der Waals surface area contributed by atoms with E-state index in [1.54, 1.807) is 0 Å². The summed E-state index contributed by atoms with van der Waals surface area (Å²) in [6.45, 7) is 0. The number of benzene rings is 1. The monoisotopic (exact) mass is 224 g/mol. The van der Waals surface area contributed by atoms with Crippen molar-refractivity contribution in [1.29, 1.82) is 0 Å². The predicted molar refractivity (Wildman–Crippen MR) is 50.1 cm³/mol. The molecule has 0 heterocycles. The zero-order valence-electron chi connectivity index (χ0n) is 6.80. The Hall–Kier alpha value is -0.780. The Morgan fingerprint density at radius 3 is 2.00 bits per heavy atom. The summed E-state index contributed by atoms with van der Waals surface area (Å²) in [5.41, 5.74) is 0. The zero-order valence-corrected chi connectivity index (χ0v) is 8.43. The molecule has 0 unspecified atom stereocenters. The highest BCUT2D eigenvalue weighted by Crippen LogP contribution is 2.14. The molecule has 1 rings (SSSR count). The average Bonchev–Trinajstić information content (AvgIpc) is 2.03. The summed E-state index contributed by atoms with van der Waals surface area (Å²) < 4.78 is 34.5. The normalized spacial score (nSPS) is 10.3. The second kappa shape index (κ2) is 4.45. The van der Waals surface area contributed by atoms with E-state index in [0.29, 0.717) is 5.75 Å². The molecule has 0 fully saturated rings. The van der Waals surface area contributed by atoms with E-state index in [9.17, 15) is 8.42 Å². The molecule has 0 aromatic heterocycles. The van der Waals surface area contributed by atoms with Crippen molar-refractivity contribution >= 4 is 22.5 Å². The summed E-state index contributed by atoms with van der Waals surface area (Å²) >= 11 is 0. The number of methoxy groups -OCH3 is 1. The Morgan fingerprint density at radius 1 is 1.23 bits per heavy atom. The van der Waals surface area contributed by atoms with Gasteiger partial charge in [0.15, 0.2) is 0 Å². The number of ether oxygens (including phenoxy) is 1. The van der Waals surface area contributed by atoms with Crippen LogP contribution < -0.4 is 4.74 Å². The number of rotatable bonds is 2. The van der Waals surface area contributed by atoms with E-state index in [4.69, 9.17) is 9.29 Å². The molecule has 6 heteroatoms. The minimum absolute atomic E-state index is 0. The van der Waals surface area contributed by atoms with Gasteiger partial charge in [0.2, 0.25) is 0 Å². The van der Waals surface area contributed by atoms with Crippen molar-refractivity contribution in [2.24, 2.45) is 0 Å². The summed E-state index contributed by atoms with van der Waals surface area (Å²) in [6.07, 6.45) is 0. The van der Waals surface area contributed by atoms with Gasteiger partial charge in [0.05, 0.1) is 12.0 Å². The van der Waals surface area contributed by atoms with Crippen LogP contribution in [0.5, 0.6) is 5.75 Å². The quantitative estimate of drug-likeness (QED) is 0.771. The largest absolute Gasteiger partial charge is 0.497 e. The maximum atomic E-state index is 10.5. The van der Waals surface area contributed by atoms with Crippen LogP contribution in [-0.4, -0.2) is 20.1 Å². The zero-order chi connectivity index (χ0) is 9.19. The third-order valence-corrected chi connectivity index (χ3v) is 2.23. The minimum atomic E-state index is -4.08. The lowest BCUT2D eigenvalue weighted by Gasteiger charge is -1.99. The van der Waals surface area contributed by atoms with Gasteiger partial charge in [0.25, 0.3) is 10.1 Å². The maximum absolute atomic E-state index is 10.5. The average molecular weight is 225 g/mol.